The number of nitrogens with zero attached hydrogens (tertiary/aromatic N) is 4. The summed E-state index contributed by atoms with van der Waals surface area (Å²) in [6.45, 7) is 2.31. The number of aromatic nitrogens is 1. The Hall–Kier alpha value is -3.16. The molecule has 2 aromatic rings. The summed E-state index contributed by atoms with van der Waals surface area (Å²) in [5.41, 5.74) is 1.40. The van der Waals surface area contributed by atoms with Gasteiger partial charge in [-0.15, -0.1) is 0 Å². The minimum absolute atomic E-state index is 0.0108. The van der Waals surface area contributed by atoms with E-state index in [0.717, 1.165) is 25.0 Å². The van der Waals surface area contributed by atoms with Gasteiger partial charge in [0.15, 0.2) is 0 Å². The van der Waals surface area contributed by atoms with Crippen LogP contribution in [-0.4, -0.2) is 68.8 Å². The Morgan fingerprint density at radius 2 is 1.71 bits per heavy atom. The fourth-order valence-electron chi connectivity index (χ4n) is 5.03. The normalized spacial score (nSPS) is 21.6. The van der Waals surface area contributed by atoms with E-state index in [0.29, 0.717) is 38.2 Å². The van der Waals surface area contributed by atoms with Crippen molar-refractivity contribution >= 4 is 17.8 Å². The number of rotatable bonds is 3. The average Bonchev–Trinajstić information content (AvgIpc) is 3.51. The number of hydrogen-bond acceptors (Lipinski definition) is 3. The average molecular weight is 424 g/mol. The second kappa shape index (κ2) is 7.83. The van der Waals surface area contributed by atoms with Crippen LogP contribution in [0.4, 0.5) is 9.18 Å². The van der Waals surface area contributed by atoms with Crippen molar-refractivity contribution in [2.75, 3.05) is 19.6 Å². The van der Waals surface area contributed by atoms with E-state index in [-0.39, 0.29) is 23.9 Å². The second-order valence-electron chi connectivity index (χ2n) is 8.50. The first kappa shape index (κ1) is 19.8. The molecule has 1 unspecified atom stereocenters. The molecule has 1 aromatic heterocycles. The molecule has 0 spiro atoms. The van der Waals surface area contributed by atoms with Crippen LogP contribution in [0.25, 0.3) is 0 Å². The topological polar surface area (TPSA) is 65.9 Å². The number of carbonyl (C=O) groups is 3. The number of fused-ring (bicyclic) bond motifs is 1. The molecule has 4 heterocycles. The van der Waals surface area contributed by atoms with E-state index in [2.05, 4.69) is 0 Å². The highest BCUT2D eigenvalue weighted by Gasteiger charge is 2.40. The van der Waals surface area contributed by atoms with Crippen LogP contribution in [0.15, 0.2) is 42.6 Å². The summed E-state index contributed by atoms with van der Waals surface area (Å²) in [5.74, 6) is -0.640. The van der Waals surface area contributed by atoms with E-state index in [1.165, 1.54) is 24.3 Å². The third kappa shape index (κ3) is 3.49. The summed E-state index contributed by atoms with van der Waals surface area (Å²) >= 11 is 0. The molecule has 0 N–H and O–H groups in total. The highest BCUT2D eigenvalue weighted by atomic mass is 19.1. The lowest BCUT2D eigenvalue weighted by Crippen LogP contribution is -2.52. The predicted molar refractivity (Wildman–Crippen MR) is 111 cm³/mol. The zero-order valence-electron chi connectivity index (χ0n) is 17.2. The van der Waals surface area contributed by atoms with Gasteiger partial charge in [-0.1, -0.05) is 0 Å². The van der Waals surface area contributed by atoms with Crippen molar-refractivity contribution in [2.24, 2.45) is 0 Å². The Labute approximate surface area is 180 Å². The molecule has 3 amide bonds. The van der Waals surface area contributed by atoms with Crippen molar-refractivity contribution in [1.82, 2.24) is 19.3 Å². The Balaban J connectivity index is 1.21. The quantitative estimate of drug-likeness (QED) is 0.761. The largest absolute Gasteiger partial charge is 0.341 e. The van der Waals surface area contributed by atoms with Crippen molar-refractivity contribution in [3.05, 3.63) is 59.7 Å². The first-order valence-electron chi connectivity index (χ1n) is 10.9. The molecule has 0 saturated carbocycles. The molecule has 1 atom stereocenters. The number of likely N-dealkylation sites (tertiary alicyclic amines) is 2. The lowest BCUT2D eigenvalue weighted by atomic mass is 10.0. The van der Waals surface area contributed by atoms with Gasteiger partial charge in [0, 0.05) is 43.1 Å². The van der Waals surface area contributed by atoms with Crippen LogP contribution in [-0.2, 0) is 11.3 Å². The van der Waals surface area contributed by atoms with Crippen LogP contribution in [0.5, 0.6) is 0 Å². The number of halogens is 1. The third-order valence-corrected chi connectivity index (χ3v) is 6.72. The summed E-state index contributed by atoms with van der Waals surface area (Å²) in [4.78, 5) is 44.1. The molecule has 1 aromatic carbocycles. The van der Waals surface area contributed by atoms with E-state index in [1.54, 1.807) is 15.7 Å². The first-order chi connectivity index (χ1) is 15.0. The molecule has 0 radical (unpaired) electrons. The van der Waals surface area contributed by atoms with Crippen molar-refractivity contribution in [3.63, 3.8) is 0 Å². The van der Waals surface area contributed by atoms with Gasteiger partial charge in [-0.2, -0.15) is 0 Å². The maximum absolute atomic E-state index is 13.2. The lowest BCUT2D eigenvalue weighted by Gasteiger charge is -2.38. The number of hydrogen-bond donors (Lipinski definition) is 0. The van der Waals surface area contributed by atoms with Crippen LogP contribution in [0.2, 0.25) is 0 Å². The van der Waals surface area contributed by atoms with Gasteiger partial charge < -0.3 is 14.7 Å². The van der Waals surface area contributed by atoms with Gasteiger partial charge in [0.1, 0.15) is 11.9 Å². The van der Waals surface area contributed by atoms with E-state index >= 15 is 0 Å². The van der Waals surface area contributed by atoms with Crippen molar-refractivity contribution < 1.29 is 18.8 Å². The molecule has 0 bridgehead atoms. The maximum Gasteiger partial charge on any atom is 0.329 e. The molecule has 162 valence electrons. The van der Waals surface area contributed by atoms with E-state index < -0.39 is 11.9 Å². The van der Waals surface area contributed by atoms with Crippen LogP contribution in [0.1, 0.15) is 41.7 Å². The van der Waals surface area contributed by atoms with E-state index in [4.69, 9.17) is 0 Å². The summed E-state index contributed by atoms with van der Waals surface area (Å²) in [6.07, 6.45) is 4.69. The molecule has 0 aliphatic carbocycles. The van der Waals surface area contributed by atoms with Crippen molar-refractivity contribution in [2.45, 2.75) is 44.3 Å². The lowest BCUT2D eigenvalue weighted by molar-refractivity contribution is -0.136. The smallest absolute Gasteiger partial charge is 0.329 e. The number of piperidine rings is 1. The maximum atomic E-state index is 13.2. The number of amides is 3. The molecule has 31 heavy (non-hydrogen) atoms. The summed E-state index contributed by atoms with van der Waals surface area (Å²) < 4.78 is 14.9. The standard InChI is InChI=1S/C23H25FN4O3/c24-17-7-5-16(6-8-17)21(29)27-12-2-4-20(27)22(30)25-13-9-18(10-14-25)28-15-19-3-1-11-26(19)23(28)31/h1,3,5-8,11,18,20H,2,4,9-10,12-15H2. The summed E-state index contributed by atoms with van der Waals surface area (Å²) in [7, 11) is 0. The number of benzene rings is 1. The monoisotopic (exact) mass is 424 g/mol. The molecule has 5 rings (SSSR count). The molecule has 3 aliphatic heterocycles. The molecular formula is C23H25FN4O3. The first-order valence-corrected chi connectivity index (χ1v) is 10.9. The van der Waals surface area contributed by atoms with Gasteiger partial charge in [-0.25, -0.2) is 9.18 Å². The number of carbonyl (C=O) groups excluding carboxylic acids is 3. The van der Waals surface area contributed by atoms with Crippen LogP contribution in [0, 0.1) is 5.82 Å². The molecule has 8 heteroatoms. The fraction of sp³-hybridized carbons (Fsp3) is 0.435. The van der Waals surface area contributed by atoms with Crippen molar-refractivity contribution in [3.8, 4) is 0 Å². The van der Waals surface area contributed by atoms with Gasteiger partial charge >= 0.3 is 6.03 Å². The van der Waals surface area contributed by atoms with Gasteiger partial charge in [-0.05, 0) is 62.1 Å². The predicted octanol–water partition coefficient (Wildman–Crippen LogP) is 2.71. The molecule has 7 nitrogen and oxygen atoms in total. The van der Waals surface area contributed by atoms with Gasteiger partial charge in [-0.3, -0.25) is 14.2 Å². The Kier molecular flexibility index (Phi) is 5.00. The van der Waals surface area contributed by atoms with Crippen LogP contribution >= 0.6 is 0 Å². The SMILES string of the molecule is O=C(C1CCCN1C(=O)c1ccc(F)cc1)N1CCC(N2Cc3cccn3C2=O)CC1. The van der Waals surface area contributed by atoms with Gasteiger partial charge in [0.25, 0.3) is 5.91 Å². The molecule has 2 fully saturated rings. The molecule has 2 saturated heterocycles. The minimum atomic E-state index is -0.469. The summed E-state index contributed by atoms with van der Waals surface area (Å²) in [5, 5.41) is 0. The second-order valence-corrected chi connectivity index (χ2v) is 8.50. The minimum Gasteiger partial charge on any atom is -0.341 e. The highest BCUT2D eigenvalue weighted by molar-refractivity contribution is 5.98. The molecular weight excluding hydrogens is 399 g/mol. The molecule has 3 aliphatic rings. The van der Waals surface area contributed by atoms with Gasteiger partial charge in [0.2, 0.25) is 5.91 Å². The zero-order chi connectivity index (χ0) is 21.5. The van der Waals surface area contributed by atoms with Crippen LogP contribution < -0.4 is 0 Å². The van der Waals surface area contributed by atoms with Crippen molar-refractivity contribution in [1.29, 1.82) is 0 Å². The van der Waals surface area contributed by atoms with Gasteiger partial charge in [0.05, 0.1) is 6.54 Å². The Morgan fingerprint density at radius 3 is 2.42 bits per heavy atom. The zero-order valence-corrected chi connectivity index (χ0v) is 17.2. The highest BCUT2D eigenvalue weighted by Crippen LogP contribution is 2.27. The summed E-state index contributed by atoms with van der Waals surface area (Å²) in [6, 6.07) is 8.97. The van der Waals surface area contributed by atoms with E-state index in [1.807, 2.05) is 21.9 Å². The van der Waals surface area contributed by atoms with E-state index in [9.17, 15) is 18.8 Å². The Bertz CT molecular complexity index is 1010. The van der Waals surface area contributed by atoms with Crippen LogP contribution in [0.3, 0.4) is 0 Å². The third-order valence-electron chi connectivity index (χ3n) is 6.72. The fourth-order valence-corrected chi connectivity index (χ4v) is 5.03. The Morgan fingerprint density at radius 1 is 0.968 bits per heavy atom.